The molecule has 1 amide bonds. The minimum absolute atomic E-state index is 0.0341. The Morgan fingerprint density at radius 1 is 1.43 bits per heavy atom. The summed E-state index contributed by atoms with van der Waals surface area (Å²) in [6.45, 7) is 4.90. The number of hydrogen-bond donors (Lipinski definition) is 3. The molecule has 21 heavy (non-hydrogen) atoms. The number of aliphatic hydroxyl groups is 1. The van der Waals surface area contributed by atoms with Crippen molar-refractivity contribution >= 4 is 28.9 Å². The molecule has 6 heteroatoms. The summed E-state index contributed by atoms with van der Waals surface area (Å²) in [6.07, 6.45) is 1.87. The predicted molar refractivity (Wildman–Crippen MR) is 87.5 cm³/mol. The monoisotopic (exact) mass is 313 g/mol. The molecular weight excluding hydrogens is 290 g/mol. The molecule has 118 valence electrons. The first-order valence-electron chi connectivity index (χ1n) is 7.21. The van der Waals surface area contributed by atoms with E-state index >= 15 is 0 Å². The van der Waals surface area contributed by atoms with E-state index in [-0.39, 0.29) is 25.1 Å². The summed E-state index contributed by atoms with van der Waals surface area (Å²) in [5.41, 5.74) is 6.72. The van der Waals surface area contributed by atoms with E-state index in [0.717, 1.165) is 12.8 Å². The number of benzene rings is 1. The molecule has 0 heterocycles. The van der Waals surface area contributed by atoms with E-state index in [1.807, 2.05) is 4.90 Å². The summed E-state index contributed by atoms with van der Waals surface area (Å²) < 4.78 is 0. The summed E-state index contributed by atoms with van der Waals surface area (Å²) in [5.74, 6) is -0.151. The summed E-state index contributed by atoms with van der Waals surface area (Å²) in [7, 11) is 0. The van der Waals surface area contributed by atoms with Gasteiger partial charge in [-0.2, -0.15) is 0 Å². The molecule has 0 aliphatic rings. The van der Waals surface area contributed by atoms with Crippen molar-refractivity contribution in [3.8, 4) is 0 Å². The molecule has 0 radical (unpaired) electrons. The van der Waals surface area contributed by atoms with Gasteiger partial charge in [0.15, 0.2) is 0 Å². The molecule has 0 unspecified atom stereocenters. The lowest BCUT2D eigenvalue weighted by Gasteiger charge is -2.29. The van der Waals surface area contributed by atoms with Crippen LogP contribution in [-0.4, -0.2) is 41.7 Å². The number of halogens is 1. The van der Waals surface area contributed by atoms with Crippen molar-refractivity contribution in [2.75, 3.05) is 30.7 Å². The van der Waals surface area contributed by atoms with Crippen LogP contribution in [0.3, 0.4) is 0 Å². The van der Waals surface area contributed by atoms with Gasteiger partial charge in [0.1, 0.15) is 0 Å². The van der Waals surface area contributed by atoms with Gasteiger partial charge in [0, 0.05) is 18.3 Å². The smallest absolute Gasteiger partial charge is 0.238 e. The van der Waals surface area contributed by atoms with Crippen LogP contribution < -0.4 is 11.1 Å². The highest BCUT2D eigenvalue weighted by molar-refractivity contribution is 6.34. The van der Waals surface area contributed by atoms with Crippen LogP contribution in [0.1, 0.15) is 26.7 Å². The number of carbonyl (C=O) groups excluding carboxylic acids is 1. The van der Waals surface area contributed by atoms with Crippen LogP contribution in [-0.2, 0) is 4.79 Å². The number of nitrogen functional groups attached to an aromatic ring is 1. The van der Waals surface area contributed by atoms with Gasteiger partial charge in [0.2, 0.25) is 5.91 Å². The van der Waals surface area contributed by atoms with Gasteiger partial charge in [-0.1, -0.05) is 25.4 Å². The Labute approximate surface area is 131 Å². The molecule has 1 aromatic rings. The third-order valence-electron chi connectivity index (χ3n) is 3.46. The van der Waals surface area contributed by atoms with E-state index in [0.29, 0.717) is 22.9 Å². The Kier molecular flexibility index (Phi) is 7.50. The molecule has 0 bridgehead atoms. The Hall–Kier alpha value is -1.30. The van der Waals surface area contributed by atoms with Crippen molar-refractivity contribution < 1.29 is 9.90 Å². The maximum absolute atomic E-state index is 12.1. The van der Waals surface area contributed by atoms with Crippen molar-refractivity contribution in [1.82, 2.24) is 4.90 Å². The number of amides is 1. The molecular formula is C15H24ClN3O2. The second kappa shape index (κ2) is 8.87. The second-order valence-corrected chi connectivity index (χ2v) is 5.36. The van der Waals surface area contributed by atoms with Crippen LogP contribution in [0.5, 0.6) is 0 Å². The first-order chi connectivity index (χ1) is 10.0. The highest BCUT2D eigenvalue weighted by atomic mass is 35.5. The topological polar surface area (TPSA) is 78.6 Å². The number of hydrogen-bond acceptors (Lipinski definition) is 4. The largest absolute Gasteiger partial charge is 0.399 e. The fourth-order valence-corrected chi connectivity index (χ4v) is 2.57. The van der Waals surface area contributed by atoms with Gasteiger partial charge in [-0.25, -0.2) is 0 Å². The van der Waals surface area contributed by atoms with Gasteiger partial charge in [0.05, 0.1) is 23.9 Å². The first kappa shape index (κ1) is 17.8. The molecule has 1 rings (SSSR count). The van der Waals surface area contributed by atoms with Crippen LogP contribution in [0.4, 0.5) is 11.4 Å². The molecule has 0 atom stereocenters. The average Bonchev–Trinajstić information content (AvgIpc) is 2.43. The highest BCUT2D eigenvalue weighted by Gasteiger charge is 2.18. The van der Waals surface area contributed by atoms with Crippen LogP contribution in [0.15, 0.2) is 18.2 Å². The zero-order valence-electron chi connectivity index (χ0n) is 12.6. The SMILES string of the molecule is CCC(CC)N(CCO)CC(=O)Nc1ccc(N)cc1Cl. The maximum Gasteiger partial charge on any atom is 0.238 e. The van der Waals surface area contributed by atoms with Gasteiger partial charge >= 0.3 is 0 Å². The fraction of sp³-hybridized carbons (Fsp3) is 0.533. The van der Waals surface area contributed by atoms with E-state index in [2.05, 4.69) is 19.2 Å². The van der Waals surface area contributed by atoms with E-state index in [1.165, 1.54) is 0 Å². The molecule has 5 nitrogen and oxygen atoms in total. The molecule has 0 fully saturated rings. The lowest BCUT2D eigenvalue weighted by Crippen LogP contribution is -2.42. The Morgan fingerprint density at radius 2 is 2.10 bits per heavy atom. The summed E-state index contributed by atoms with van der Waals surface area (Å²) in [4.78, 5) is 14.1. The number of carbonyl (C=O) groups is 1. The number of nitrogens with two attached hydrogens (primary N) is 1. The van der Waals surface area contributed by atoms with Crippen molar-refractivity contribution in [1.29, 1.82) is 0 Å². The minimum atomic E-state index is -0.151. The standard InChI is InChI=1S/C15H24ClN3O2/c1-3-12(4-2)19(7-8-20)10-15(21)18-14-6-5-11(17)9-13(14)16/h5-6,9,12,20H,3-4,7-8,10,17H2,1-2H3,(H,18,21). The number of aliphatic hydroxyl groups excluding tert-OH is 1. The summed E-state index contributed by atoms with van der Waals surface area (Å²) >= 11 is 6.04. The van der Waals surface area contributed by atoms with Gasteiger partial charge in [-0.3, -0.25) is 9.69 Å². The highest BCUT2D eigenvalue weighted by Crippen LogP contribution is 2.24. The van der Waals surface area contributed by atoms with E-state index in [1.54, 1.807) is 18.2 Å². The Bertz CT molecular complexity index is 464. The quantitative estimate of drug-likeness (QED) is 0.644. The van der Waals surface area contributed by atoms with Crippen LogP contribution in [0, 0.1) is 0 Å². The molecule has 0 aliphatic heterocycles. The van der Waals surface area contributed by atoms with Gasteiger partial charge in [-0.15, -0.1) is 0 Å². The first-order valence-corrected chi connectivity index (χ1v) is 7.59. The third-order valence-corrected chi connectivity index (χ3v) is 3.77. The third kappa shape index (κ3) is 5.53. The van der Waals surface area contributed by atoms with Crippen LogP contribution in [0.2, 0.25) is 5.02 Å². The van der Waals surface area contributed by atoms with Crippen LogP contribution in [0.25, 0.3) is 0 Å². The molecule has 4 N–H and O–H groups in total. The zero-order chi connectivity index (χ0) is 15.8. The van der Waals surface area contributed by atoms with Gasteiger partial charge in [-0.05, 0) is 31.0 Å². The van der Waals surface area contributed by atoms with Crippen molar-refractivity contribution in [2.24, 2.45) is 0 Å². The fourth-order valence-electron chi connectivity index (χ4n) is 2.33. The summed E-state index contributed by atoms with van der Waals surface area (Å²) in [5, 5.41) is 12.3. The number of nitrogens with zero attached hydrogens (tertiary/aromatic N) is 1. The van der Waals surface area contributed by atoms with Crippen molar-refractivity contribution in [3.63, 3.8) is 0 Å². The molecule has 0 saturated heterocycles. The number of anilines is 2. The number of rotatable bonds is 8. The predicted octanol–water partition coefficient (Wildman–Crippen LogP) is 2.34. The van der Waals surface area contributed by atoms with Crippen LogP contribution >= 0.6 is 11.6 Å². The Balaban J connectivity index is 2.69. The van der Waals surface area contributed by atoms with E-state index in [4.69, 9.17) is 22.4 Å². The van der Waals surface area contributed by atoms with Gasteiger partial charge in [0.25, 0.3) is 0 Å². The molecule has 0 aromatic heterocycles. The summed E-state index contributed by atoms with van der Waals surface area (Å²) in [6, 6.07) is 5.25. The average molecular weight is 314 g/mol. The van der Waals surface area contributed by atoms with E-state index in [9.17, 15) is 4.79 Å². The second-order valence-electron chi connectivity index (χ2n) is 4.95. The molecule has 0 spiro atoms. The van der Waals surface area contributed by atoms with Gasteiger partial charge < -0.3 is 16.2 Å². The number of nitrogens with one attached hydrogen (secondary N) is 1. The van der Waals surface area contributed by atoms with Crippen molar-refractivity contribution in [2.45, 2.75) is 32.7 Å². The molecule has 1 aromatic carbocycles. The maximum atomic E-state index is 12.1. The normalized spacial score (nSPS) is 11.1. The Morgan fingerprint density at radius 3 is 2.62 bits per heavy atom. The zero-order valence-corrected chi connectivity index (χ0v) is 13.4. The van der Waals surface area contributed by atoms with Crippen molar-refractivity contribution in [3.05, 3.63) is 23.2 Å². The molecule has 0 saturated carbocycles. The lowest BCUT2D eigenvalue weighted by molar-refractivity contribution is -0.118. The molecule has 0 aliphatic carbocycles. The lowest BCUT2D eigenvalue weighted by atomic mass is 10.1. The van der Waals surface area contributed by atoms with E-state index < -0.39 is 0 Å². The minimum Gasteiger partial charge on any atom is -0.399 e.